The van der Waals surface area contributed by atoms with Crippen LogP contribution in [0.4, 0.5) is 0 Å². The predicted molar refractivity (Wildman–Crippen MR) is 97.7 cm³/mol. The molecule has 0 N–H and O–H groups in total. The van der Waals surface area contributed by atoms with Gasteiger partial charge in [-0.1, -0.05) is 68.0 Å². The van der Waals surface area contributed by atoms with E-state index >= 15 is 0 Å². The van der Waals surface area contributed by atoms with Gasteiger partial charge in [-0.05, 0) is 37.8 Å². The Hall–Kier alpha value is -2.09. The summed E-state index contributed by atoms with van der Waals surface area (Å²) in [6, 6.07) is 9.26. The van der Waals surface area contributed by atoms with Crippen LogP contribution in [0.3, 0.4) is 0 Å². The molecule has 0 saturated heterocycles. The Labute approximate surface area is 144 Å². The van der Waals surface area contributed by atoms with Gasteiger partial charge in [0.15, 0.2) is 0 Å². The van der Waals surface area contributed by atoms with E-state index in [1.54, 1.807) is 0 Å². The summed E-state index contributed by atoms with van der Waals surface area (Å²) >= 11 is 0. The molecule has 0 amide bonds. The number of hydrogen-bond donors (Lipinski definition) is 0. The number of hydrogen-bond acceptors (Lipinski definition) is 2. The third-order valence-corrected chi connectivity index (χ3v) is 5.57. The zero-order valence-corrected chi connectivity index (χ0v) is 14.8. The van der Waals surface area contributed by atoms with E-state index in [1.165, 1.54) is 5.57 Å². The summed E-state index contributed by atoms with van der Waals surface area (Å²) < 4.78 is 6.02. The van der Waals surface area contributed by atoms with Crippen LogP contribution in [0.2, 0.25) is 0 Å². The van der Waals surface area contributed by atoms with Gasteiger partial charge in [0, 0.05) is 11.3 Å². The molecular formula is C22H26O2. The van der Waals surface area contributed by atoms with Gasteiger partial charge in [0.25, 0.3) is 0 Å². The second-order valence-corrected chi connectivity index (χ2v) is 7.41. The van der Waals surface area contributed by atoms with Gasteiger partial charge < -0.3 is 4.74 Å². The van der Waals surface area contributed by atoms with E-state index in [0.717, 1.165) is 18.4 Å². The number of fused-ring (bicyclic) bond motifs is 1. The molecule has 1 aromatic rings. The van der Waals surface area contributed by atoms with E-state index in [4.69, 9.17) is 4.74 Å². The number of rotatable bonds is 3. The average molecular weight is 322 g/mol. The minimum atomic E-state index is -0.231. The molecule has 24 heavy (non-hydrogen) atoms. The second kappa shape index (κ2) is 6.43. The molecule has 0 spiro atoms. The van der Waals surface area contributed by atoms with Crippen molar-refractivity contribution in [3.8, 4) is 0 Å². The first-order valence-corrected chi connectivity index (χ1v) is 8.72. The molecule has 0 saturated carbocycles. The molecule has 1 aromatic carbocycles. The summed E-state index contributed by atoms with van der Waals surface area (Å²) in [5.74, 6) is 0.421. The van der Waals surface area contributed by atoms with Crippen LogP contribution in [0, 0.1) is 17.3 Å². The summed E-state index contributed by atoms with van der Waals surface area (Å²) in [6.07, 6.45) is 8.45. The minimum absolute atomic E-state index is 0.120. The fourth-order valence-corrected chi connectivity index (χ4v) is 3.99. The van der Waals surface area contributed by atoms with E-state index < -0.39 is 0 Å². The molecule has 2 heteroatoms. The number of benzene rings is 1. The second-order valence-electron chi connectivity index (χ2n) is 7.41. The molecule has 126 valence electrons. The highest BCUT2D eigenvalue weighted by atomic mass is 16.5. The summed E-state index contributed by atoms with van der Waals surface area (Å²) in [5.41, 5.74) is 3.01. The molecule has 2 aliphatic rings. The zero-order valence-electron chi connectivity index (χ0n) is 14.8. The van der Waals surface area contributed by atoms with Crippen LogP contribution in [0.1, 0.15) is 44.0 Å². The van der Waals surface area contributed by atoms with Crippen molar-refractivity contribution in [3.63, 3.8) is 0 Å². The van der Waals surface area contributed by atoms with Crippen LogP contribution >= 0.6 is 0 Å². The van der Waals surface area contributed by atoms with Crippen LogP contribution in [-0.2, 0) is 4.74 Å². The van der Waals surface area contributed by atoms with Gasteiger partial charge in [0.2, 0.25) is 0 Å². The normalized spacial score (nSPS) is 31.8. The van der Waals surface area contributed by atoms with Crippen LogP contribution in [0.5, 0.6) is 0 Å². The molecule has 2 nitrogen and oxygen atoms in total. The highest BCUT2D eigenvalue weighted by Gasteiger charge is 2.46. The minimum Gasteiger partial charge on any atom is -0.458 e. The molecule has 0 heterocycles. The van der Waals surface area contributed by atoms with Crippen LogP contribution in [-0.4, -0.2) is 12.1 Å². The average Bonchev–Trinajstić information content (AvgIpc) is 2.56. The lowest BCUT2D eigenvalue weighted by Gasteiger charge is -2.47. The molecule has 0 aliphatic heterocycles. The van der Waals surface area contributed by atoms with Gasteiger partial charge in [-0.2, -0.15) is 0 Å². The fraction of sp³-hybridized carbons (Fsp3) is 0.409. The van der Waals surface area contributed by atoms with E-state index in [2.05, 4.69) is 45.6 Å². The van der Waals surface area contributed by atoms with Crippen molar-refractivity contribution < 1.29 is 9.53 Å². The maximum Gasteiger partial charge on any atom is 0.338 e. The highest BCUT2D eigenvalue weighted by molar-refractivity contribution is 5.89. The van der Waals surface area contributed by atoms with E-state index in [9.17, 15) is 4.79 Å². The van der Waals surface area contributed by atoms with Gasteiger partial charge in [-0.15, -0.1) is 0 Å². The third-order valence-electron chi connectivity index (χ3n) is 5.57. The lowest BCUT2D eigenvalue weighted by Crippen LogP contribution is -2.44. The first kappa shape index (κ1) is 16.8. The Bertz CT molecular complexity index is 698. The molecule has 0 bridgehead atoms. The van der Waals surface area contributed by atoms with Crippen LogP contribution < -0.4 is 0 Å². The SMILES string of the molecule is C=C(C)[C@H]1C=C2[C@H](C)C=CC[C@@]2(C)[C@H](OC(=O)c2ccccc2)C1. The number of esters is 1. The monoisotopic (exact) mass is 322 g/mol. The first-order valence-electron chi connectivity index (χ1n) is 8.72. The summed E-state index contributed by atoms with van der Waals surface area (Å²) in [7, 11) is 0. The standard InChI is InChI=1S/C22H26O2/c1-15(2)18-13-19-16(3)9-8-12-22(19,4)20(14-18)24-21(23)17-10-6-5-7-11-17/h5-11,13,16,18,20H,1,12,14H2,2-4H3/t16-,18+,20-,22-/m1/s1. The summed E-state index contributed by atoms with van der Waals surface area (Å²) in [6.45, 7) is 10.6. The Morgan fingerprint density at radius 1 is 1.29 bits per heavy atom. The summed E-state index contributed by atoms with van der Waals surface area (Å²) in [4.78, 5) is 12.6. The highest BCUT2D eigenvalue weighted by Crippen LogP contribution is 2.50. The maximum absolute atomic E-state index is 12.6. The van der Waals surface area contributed by atoms with E-state index in [-0.39, 0.29) is 23.4 Å². The maximum atomic E-state index is 12.6. The molecule has 2 aliphatic carbocycles. The van der Waals surface area contributed by atoms with E-state index in [1.807, 2.05) is 30.3 Å². The Morgan fingerprint density at radius 2 is 2.00 bits per heavy atom. The van der Waals surface area contributed by atoms with Crippen molar-refractivity contribution >= 4 is 5.97 Å². The van der Waals surface area contributed by atoms with Crippen molar-refractivity contribution in [2.24, 2.45) is 17.3 Å². The molecule has 0 unspecified atom stereocenters. The topological polar surface area (TPSA) is 26.3 Å². The molecule has 0 radical (unpaired) electrons. The molecular weight excluding hydrogens is 296 g/mol. The van der Waals surface area contributed by atoms with Gasteiger partial charge in [-0.25, -0.2) is 4.79 Å². The van der Waals surface area contributed by atoms with Crippen molar-refractivity contribution in [1.82, 2.24) is 0 Å². The molecule has 0 fully saturated rings. The molecule has 4 atom stereocenters. The fourth-order valence-electron chi connectivity index (χ4n) is 3.99. The molecule has 0 aromatic heterocycles. The Balaban J connectivity index is 1.91. The Morgan fingerprint density at radius 3 is 2.67 bits per heavy atom. The number of carbonyl (C=O) groups is 1. The number of carbonyl (C=O) groups excluding carboxylic acids is 1. The summed E-state index contributed by atoms with van der Waals surface area (Å²) in [5, 5.41) is 0. The Kier molecular flexibility index (Phi) is 4.49. The van der Waals surface area contributed by atoms with Crippen molar-refractivity contribution in [3.05, 3.63) is 71.8 Å². The smallest absolute Gasteiger partial charge is 0.338 e. The van der Waals surface area contributed by atoms with Crippen molar-refractivity contribution in [2.45, 2.75) is 39.7 Å². The number of allylic oxidation sites excluding steroid dienone is 4. The molecule has 3 rings (SSSR count). The quantitative estimate of drug-likeness (QED) is 0.555. The largest absolute Gasteiger partial charge is 0.458 e. The van der Waals surface area contributed by atoms with Crippen molar-refractivity contribution in [2.75, 3.05) is 0 Å². The lowest BCUT2D eigenvalue weighted by molar-refractivity contribution is -0.0153. The van der Waals surface area contributed by atoms with Gasteiger partial charge in [0.05, 0.1) is 5.56 Å². The number of ether oxygens (including phenoxy) is 1. The lowest BCUT2D eigenvalue weighted by atomic mass is 9.61. The van der Waals surface area contributed by atoms with Crippen molar-refractivity contribution in [1.29, 1.82) is 0 Å². The third kappa shape index (κ3) is 2.98. The van der Waals surface area contributed by atoms with Gasteiger partial charge >= 0.3 is 5.97 Å². The van der Waals surface area contributed by atoms with Crippen LogP contribution in [0.25, 0.3) is 0 Å². The zero-order chi connectivity index (χ0) is 17.3. The predicted octanol–water partition coefficient (Wildman–Crippen LogP) is 5.34. The van der Waals surface area contributed by atoms with Gasteiger partial charge in [0.1, 0.15) is 6.10 Å². The first-order chi connectivity index (χ1) is 11.4. The van der Waals surface area contributed by atoms with Gasteiger partial charge in [-0.3, -0.25) is 0 Å². The van der Waals surface area contributed by atoms with E-state index in [0.29, 0.717) is 11.5 Å². The van der Waals surface area contributed by atoms with Crippen LogP contribution in [0.15, 0.2) is 66.3 Å².